The van der Waals surface area contributed by atoms with E-state index in [1.807, 2.05) is 7.05 Å². The van der Waals surface area contributed by atoms with Crippen LogP contribution in [0, 0.1) is 0 Å². The number of aliphatic hydroxyl groups is 1. The van der Waals surface area contributed by atoms with Gasteiger partial charge in [0.25, 0.3) is 0 Å². The average molecular weight is 274 g/mol. The minimum Gasteiger partial charge on any atom is -0.395 e. The Morgan fingerprint density at radius 2 is 1.53 bits per heavy atom. The van der Waals surface area contributed by atoms with Crippen LogP contribution in [-0.4, -0.2) is 72.5 Å². The lowest BCUT2D eigenvalue weighted by Crippen LogP contribution is -2.47. The molecule has 0 saturated carbocycles. The van der Waals surface area contributed by atoms with E-state index in [9.17, 15) is 0 Å². The zero-order chi connectivity index (χ0) is 15.1. The van der Waals surface area contributed by atoms with Gasteiger partial charge in [-0.15, -0.1) is 0 Å². The Morgan fingerprint density at radius 1 is 1.05 bits per heavy atom. The summed E-state index contributed by atoms with van der Waals surface area (Å²) < 4.78 is 5.25. The average Bonchev–Trinajstić information content (AvgIpc) is 2.29. The van der Waals surface area contributed by atoms with E-state index >= 15 is 0 Å². The summed E-state index contributed by atoms with van der Waals surface area (Å²) in [7, 11) is 2.01. The molecule has 1 rings (SSSR count). The van der Waals surface area contributed by atoms with Gasteiger partial charge in [-0.25, -0.2) is 0 Å². The lowest BCUT2D eigenvalue weighted by atomic mass is 10.1. The van der Waals surface area contributed by atoms with Crippen LogP contribution in [-0.2, 0) is 4.74 Å². The van der Waals surface area contributed by atoms with Gasteiger partial charge >= 0.3 is 0 Å². The van der Waals surface area contributed by atoms with Gasteiger partial charge < -0.3 is 9.84 Å². The van der Waals surface area contributed by atoms with Gasteiger partial charge in [-0.1, -0.05) is 0 Å². The third-order valence-corrected chi connectivity index (χ3v) is 3.54. The van der Waals surface area contributed by atoms with Gasteiger partial charge in [-0.05, 0) is 48.6 Å². The molecule has 4 nitrogen and oxygen atoms in total. The molecule has 0 bridgehead atoms. The lowest BCUT2D eigenvalue weighted by Gasteiger charge is -2.38. The van der Waals surface area contributed by atoms with Crippen LogP contribution in [0.5, 0.6) is 0 Å². The summed E-state index contributed by atoms with van der Waals surface area (Å²) in [5.74, 6) is 0. The largest absolute Gasteiger partial charge is 0.395 e. The first kappa shape index (κ1) is 18.8. The van der Waals surface area contributed by atoms with E-state index in [1.165, 1.54) is 0 Å². The van der Waals surface area contributed by atoms with Crippen molar-refractivity contribution in [2.75, 3.05) is 46.5 Å². The molecule has 0 amide bonds. The van der Waals surface area contributed by atoms with Crippen molar-refractivity contribution in [2.24, 2.45) is 0 Å². The Bertz CT molecular complexity index is 225. The summed E-state index contributed by atoms with van der Waals surface area (Å²) in [5, 5.41) is 8.56. The van der Waals surface area contributed by atoms with Crippen LogP contribution in [0.3, 0.4) is 0 Å². The molecule has 1 heterocycles. The molecule has 1 saturated heterocycles. The molecule has 1 aliphatic rings. The van der Waals surface area contributed by atoms with Crippen molar-refractivity contribution in [1.82, 2.24) is 9.80 Å². The molecule has 1 aliphatic heterocycles. The van der Waals surface area contributed by atoms with E-state index in [4.69, 9.17) is 9.84 Å². The van der Waals surface area contributed by atoms with Gasteiger partial charge in [0.1, 0.15) is 0 Å². The molecule has 0 spiro atoms. The predicted octanol–water partition coefficient (Wildman–Crippen LogP) is 1.83. The molecule has 0 aromatic carbocycles. The van der Waals surface area contributed by atoms with Gasteiger partial charge in [-0.3, -0.25) is 9.80 Å². The summed E-state index contributed by atoms with van der Waals surface area (Å²) in [6, 6.07) is 0. The number of nitrogens with zero attached hydrogens (tertiary/aromatic N) is 2. The zero-order valence-electron chi connectivity index (χ0n) is 14.0. The Kier molecular flexibility index (Phi) is 8.13. The minimum absolute atomic E-state index is 0.183. The maximum atomic E-state index is 8.56. The van der Waals surface area contributed by atoms with Crippen molar-refractivity contribution in [3.05, 3.63) is 0 Å². The zero-order valence-corrected chi connectivity index (χ0v) is 14.0. The van der Waals surface area contributed by atoms with Crippen LogP contribution in [0.15, 0.2) is 0 Å². The molecule has 0 atom stereocenters. The fourth-order valence-electron chi connectivity index (χ4n) is 1.72. The topological polar surface area (TPSA) is 35.9 Å². The van der Waals surface area contributed by atoms with Crippen molar-refractivity contribution >= 4 is 0 Å². The summed E-state index contributed by atoms with van der Waals surface area (Å²) in [6.07, 6.45) is 0. The smallest absolute Gasteiger partial charge is 0.0594 e. The maximum absolute atomic E-state index is 8.56. The van der Waals surface area contributed by atoms with Gasteiger partial charge in [0.2, 0.25) is 0 Å². The number of rotatable bonds is 2. The molecule has 116 valence electrons. The van der Waals surface area contributed by atoms with Gasteiger partial charge in [-0.2, -0.15) is 0 Å². The fraction of sp³-hybridized carbons (Fsp3) is 1.00. The van der Waals surface area contributed by atoms with Crippen molar-refractivity contribution in [1.29, 1.82) is 0 Å². The third-order valence-electron chi connectivity index (χ3n) is 3.54. The maximum Gasteiger partial charge on any atom is 0.0594 e. The van der Waals surface area contributed by atoms with Crippen LogP contribution >= 0.6 is 0 Å². The summed E-state index contributed by atoms with van der Waals surface area (Å²) >= 11 is 0. The van der Waals surface area contributed by atoms with Crippen LogP contribution in [0.4, 0.5) is 0 Å². The number of aliphatic hydroxyl groups excluding tert-OH is 1. The molecule has 0 radical (unpaired) electrons. The Balaban J connectivity index is 0.000000344. The number of β-amino-alcohol motifs (C(OH)–C–C–N with tert-alkyl or cyclic N) is 1. The Labute approximate surface area is 119 Å². The van der Waals surface area contributed by atoms with E-state index in [2.05, 4.69) is 51.3 Å². The summed E-state index contributed by atoms with van der Waals surface area (Å²) in [5.41, 5.74) is 0.506. The van der Waals surface area contributed by atoms with E-state index in [1.54, 1.807) is 0 Å². The number of morpholine rings is 1. The number of hydrogen-bond acceptors (Lipinski definition) is 4. The number of ether oxygens (including phenoxy) is 1. The van der Waals surface area contributed by atoms with Crippen molar-refractivity contribution in [2.45, 2.75) is 52.6 Å². The highest BCUT2D eigenvalue weighted by Crippen LogP contribution is 2.13. The third kappa shape index (κ3) is 8.58. The van der Waals surface area contributed by atoms with Crippen molar-refractivity contribution in [3.63, 3.8) is 0 Å². The second kappa shape index (κ2) is 8.20. The first-order valence-electron chi connectivity index (χ1n) is 7.24. The predicted molar refractivity (Wildman–Crippen MR) is 81.6 cm³/mol. The van der Waals surface area contributed by atoms with E-state index in [0.29, 0.717) is 5.54 Å². The molecule has 0 aromatic heterocycles. The van der Waals surface area contributed by atoms with Gasteiger partial charge in [0.15, 0.2) is 0 Å². The Hall–Kier alpha value is -0.160. The highest BCUT2D eigenvalue weighted by molar-refractivity contribution is 4.77. The fourth-order valence-corrected chi connectivity index (χ4v) is 1.72. The van der Waals surface area contributed by atoms with Crippen molar-refractivity contribution < 1.29 is 9.84 Å². The molecule has 0 unspecified atom stereocenters. The molecule has 0 aromatic rings. The van der Waals surface area contributed by atoms with E-state index in [-0.39, 0.29) is 12.1 Å². The molecule has 4 heteroatoms. The van der Waals surface area contributed by atoms with E-state index < -0.39 is 0 Å². The lowest BCUT2D eigenvalue weighted by molar-refractivity contribution is -0.00389. The molecule has 1 N–H and O–H groups in total. The highest BCUT2D eigenvalue weighted by atomic mass is 16.5. The monoisotopic (exact) mass is 274 g/mol. The van der Waals surface area contributed by atoms with Gasteiger partial charge in [0, 0.05) is 30.7 Å². The van der Waals surface area contributed by atoms with Crippen LogP contribution in [0.2, 0.25) is 0 Å². The molecular formula is C15H34N2O2. The van der Waals surface area contributed by atoms with E-state index in [0.717, 1.165) is 32.8 Å². The standard InChI is InChI=1S/C8H17NO.C7H17NO/c1-8(2,3)9-4-6-10-7-5-9;1-7(2,3)8(4)5-6-9/h4-7H2,1-3H3;9H,5-6H2,1-4H3. The van der Waals surface area contributed by atoms with Crippen LogP contribution < -0.4 is 0 Å². The summed E-state index contributed by atoms with van der Waals surface area (Å²) in [4.78, 5) is 4.57. The van der Waals surface area contributed by atoms with Crippen LogP contribution in [0.1, 0.15) is 41.5 Å². The first-order chi connectivity index (χ1) is 8.59. The number of hydrogen-bond donors (Lipinski definition) is 1. The second-order valence-corrected chi connectivity index (χ2v) is 7.09. The SMILES string of the molecule is CC(C)(C)N1CCOCC1.CN(CCO)C(C)(C)C. The second-order valence-electron chi connectivity index (χ2n) is 7.09. The van der Waals surface area contributed by atoms with Crippen LogP contribution in [0.25, 0.3) is 0 Å². The molecule has 0 aliphatic carbocycles. The Morgan fingerprint density at radius 3 is 1.74 bits per heavy atom. The highest BCUT2D eigenvalue weighted by Gasteiger charge is 2.22. The molecule has 19 heavy (non-hydrogen) atoms. The normalized spacial score (nSPS) is 18.2. The number of likely N-dealkylation sites (N-methyl/N-ethyl adjacent to an activating group) is 1. The first-order valence-corrected chi connectivity index (χ1v) is 7.24. The minimum atomic E-state index is 0.183. The quantitative estimate of drug-likeness (QED) is 0.833. The summed E-state index contributed by atoms with van der Waals surface area (Å²) in [6.45, 7) is 18.1. The molecular weight excluding hydrogens is 240 g/mol. The van der Waals surface area contributed by atoms with Crippen molar-refractivity contribution in [3.8, 4) is 0 Å². The molecule has 1 fully saturated rings. The van der Waals surface area contributed by atoms with Gasteiger partial charge in [0.05, 0.1) is 19.8 Å².